The van der Waals surface area contributed by atoms with Gasteiger partial charge in [-0.3, -0.25) is 4.79 Å². The van der Waals surface area contributed by atoms with Crippen molar-refractivity contribution in [3.8, 4) is 17.3 Å². The molecule has 0 aliphatic carbocycles. The molecule has 1 aromatic carbocycles. The van der Waals surface area contributed by atoms with Crippen molar-refractivity contribution in [3.05, 3.63) is 42.6 Å². The van der Waals surface area contributed by atoms with Crippen LogP contribution < -0.4 is 5.56 Å². The smallest absolute Gasteiger partial charge is 0.270 e. The fraction of sp³-hybridized carbons (Fsp3) is 0.0833. The number of nitriles is 1. The van der Waals surface area contributed by atoms with Crippen LogP contribution in [0.25, 0.3) is 11.3 Å². The van der Waals surface area contributed by atoms with Gasteiger partial charge in [-0.25, -0.2) is 4.98 Å². The average molecular weight is 391 g/mol. The molecule has 0 aliphatic heterocycles. The van der Waals surface area contributed by atoms with Crippen molar-refractivity contribution in [2.24, 2.45) is 0 Å². The fourth-order valence-corrected chi connectivity index (χ4v) is 2.82. The highest BCUT2D eigenvalue weighted by Gasteiger charge is 2.17. The van der Waals surface area contributed by atoms with E-state index in [9.17, 15) is 4.79 Å². The lowest BCUT2D eigenvalue weighted by Gasteiger charge is -2.08. The number of halogens is 3. The van der Waals surface area contributed by atoms with E-state index in [0.29, 0.717) is 25.2 Å². The van der Waals surface area contributed by atoms with Crippen molar-refractivity contribution in [2.45, 2.75) is 5.16 Å². The van der Waals surface area contributed by atoms with Crippen molar-refractivity contribution in [3.63, 3.8) is 0 Å². The van der Waals surface area contributed by atoms with E-state index in [1.807, 2.05) is 6.07 Å². The lowest BCUT2D eigenvalue weighted by molar-refractivity contribution is 0.937. The molecule has 1 aromatic heterocycles. The van der Waals surface area contributed by atoms with E-state index >= 15 is 0 Å². The first-order valence-corrected chi connectivity index (χ1v) is 7.98. The summed E-state index contributed by atoms with van der Waals surface area (Å²) in [6.45, 7) is 0. The standard InChI is InChI=1S/C12H6BrCl2N3OS/c1-20-12-17-10(6(4-16)11(19)18-12)5-2-9(15)7(13)3-8(5)14/h2-3H,1H3,(H,17,18,19). The van der Waals surface area contributed by atoms with Crippen molar-refractivity contribution in [2.75, 3.05) is 6.26 Å². The van der Waals surface area contributed by atoms with Crippen LogP contribution in [0.15, 0.2) is 26.6 Å². The maximum Gasteiger partial charge on any atom is 0.270 e. The summed E-state index contributed by atoms with van der Waals surface area (Å²) in [5, 5.41) is 10.3. The topological polar surface area (TPSA) is 69.5 Å². The monoisotopic (exact) mass is 389 g/mol. The minimum atomic E-state index is -0.503. The second-order valence-electron chi connectivity index (χ2n) is 3.66. The number of hydrogen-bond acceptors (Lipinski definition) is 4. The van der Waals surface area contributed by atoms with Crippen molar-refractivity contribution in [1.82, 2.24) is 9.97 Å². The van der Waals surface area contributed by atoms with Crippen molar-refractivity contribution < 1.29 is 0 Å². The Bertz CT molecular complexity index is 785. The molecule has 0 bridgehead atoms. The van der Waals surface area contributed by atoms with Gasteiger partial charge in [0.25, 0.3) is 5.56 Å². The van der Waals surface area contributed by atoms with Crippen LogP contribution in [0.2, 0.25) is 10.0 Å². The first-order chi connectivity index (χ1) is 9.47. The van der Waals surface area contributed by atoms with Crippen LogP contribution in [-0.4, -0.2) is 16.2 Å². The van der Waals surface area contributed by atoms with Crippen LogP contribution >= 0.6 is 50.9 Å². The van der Waals surface area contributed by atoms with Gasteiger partial charge in [0.15, 0.2) is 5.16 Å². The maximum atomic E-state index is 11.9. The number of rotatable bonds is 2. The molecule has 0 fully saturated rings. The third kappa shape index (κ3) is 2.86. The molecule has 0 saturated carbocycles. The molecule has 0 unspecified atom stereocenters. The van der Waals surface area contributed by atoms with Gasteiger partial charge in [-0.15, -0.1) is 0 Å². The van der Waals surface area contributed by atoms with Gasteiger partial charge in [-0.1, -0.05) is 35.0 Å². The van der Waals surface area contributed by atoms with Crippen LogP contribution in [0.5, 0.6) is 0 Å². The summed E-state index contributed by atoms with van der Waals surface area (Å²) >= 11 is 16.7. The number of nitrogens with one attached hydrogen (secondary N) is 1. The van der Waals surface area contributed by atoms with Gasteiger partial charge in [0, 0.05) is 10.0 Å². The zero-order valence-corrected chi connectivity index (χ0v) is 13.9. The predicted octanol–water partition coefficient (Wildman–Crippen LogP) is 4.10. The Morgan fingerprint density at radius 2 is 2.10 bits per heavy atom. The van der Waals surface area contributed by atoms with E-state index in [1.54, 1.807) is 18.4 Å². The summed E-state index contributed by atoms with van der Waals surface area (Å²) in [5.41, 5.74) is 0.0675. The summed E-state index contributed by atoms with van der Waals surface area (Å²) in [4.78, 5) is 18.6. The molecular formula is C12H6BrCl2N3OS. The highest BCUT2D eigenvalue weighted by atomic mass is 79.9. The molecule has 1 heterocycles. The number of H-pyrrole nitrogens is 1. The summed E-state index contributed by atoms with van der Waals surface area (Å²) in [6.07, 6.45) is 1.77. The first-order valence-electron chi connectivity index (χ1n) is 5.21. The van der Waals surface area contributed by atoms with Crippen molar-refractivity contribution >= 4 is 50.9 Å². The van der Waals surface area contributed by atoms with Gasteiger partial charge in [0.2, 0.25) is 0 Å². The van der Waals surface area contributed by atoms with Crippen LogP contribution in [-0.2, 0) is 0 Å². The molecule has 0 atom stereocenters. The van der Waals surface area contributed by atoms with Gasteiger partial charge in [0.1, 0.15) is 11.6 Å². The Labute approximate surface area is 137 Å². The molecule has 0 saturated heterocycles. The molecule has 0 radical (unpaired) electrons. The zero-order valence-electron chi connectivity index (χ0n) is 10.00. The molecule has 0 amide bonds. The lowest BCUT2D eigenvalue weighted by atomic mass is 10.1. The molecule has 2 aromatic rings. The number of aromatic amines is 1. The van der Waals surface area contributed by atoms with E-state index in [-0.39, 0.29) is 11.3 Å². The van der Waals surface area contributed by atoms with Crippen LogP contribution in [0, 0.1) is 11.3 Å². The van der Waals surface area contributed by atoms with E-state index in [4.69, 9.17) is 28.5 Å². The number of hydrogen-bond donors (Lipinski definition) is 1. The van der Waals surface area contributed by atoms with Crippen LogP contribution in [0.4, 0.5) is 0 Å². The Hall–Kier alpha value is -1.00. The molecule has 102 valence electrons. The predicted molar refractivity (Wildman–Crippen MR) is 84.5 cm³/mol. The Kier molecular flexibility index (Phi) is 4.76. The molecule has 2 rings (SSSR count). The second-order valence-corrected chi connectivity index (χ2v) is 6.12. The van der Waals surface area contributed by atoms with Gasteiger partial charge in [-0.05, 0) is 34.3 Å². The fourth-order valence-electron chi connectivity index (χ4n) is 1.55. The molecule has 1 N–H and O–H groups in total. The van der Waals surface area contributed by atoms with Gasteiger partial charge in [-0.2, -0.15) is 5.26 Å². The van der Waals surface area contributed by atoms with E-state index < -0.39 is 5.56 Å². The quantitative estimate of drug-likeness (QED) is 0.476. The number of aromatic nitrogens is 2. The average Bonchev–Trinajstić information content (AvgIpc) is 2.42. The SMILES string of the molecule is CSc1nc(-c2cc(Cl)c(Br)cc2Cl)c(C#N)c(=O)[nH]1. The molecular weight excluding hydrogens is 385 g/mol. The van der Waals surface area contributed by atoms with Crippen molar-refractivity contribution in [1.29, 1.82) is 5.26 Å². The van der Waals surface area contributed by atoms with Crippen LogP contribution in [0.3, 0.4) is 0 Å². The molecule has 8 heteroatoms. The first kappa shape index (κ1) is 15.4. The number of benzene rings is 1. The van der Waals surface area contributed by atoms with Gasteiger partial charge in [0.05, 0.1) is 15.7 Å². The van der Waals surface area contributed by atoms with Gasteiger partial charge >= 0.3 is 0 Å². The van der Waals surface area contributed by atoms with Gasteiger partial charge < -0.3 is 4.98 Å². The molecule has 20 heavy (non-hydrogen) atoms. The molecule has 0 spiro atoms. The summed E-state index contributed by atoms with van der Waals surface area (Å²) < 4.78 is 0.626. The lowest BCUT2D eigenvalue weighted by Crippen LogP contribution is -2.14. The minimum Gasteiger partial charge on any atom is -0.300 e. The van der Waals surface area contributed by atoms with E-state index in [1.165, 1.54) is 11.8 Å². The molecule has 4 nitrogen and oxygen atoms in total. The normalized spacial score (nSPS) is 10.3. The van der Waals surface area contributed by atoms with Crippen LogP contribution in [0.1, 0.15) is 5.56 Å². The summed E-state index contributed by atoms with van der Waals surface area (Å²) in [7, 11) is 0. The number of nitrogens with zero attached hydrogens (tertiary/aromatic N) is 2. The minimum absolute atomic E-state index is 0.0944. The number of thioether (sulfide) groups is 1. The second kappa shape index (κ2) is 6.19. The highest BCUT2D eigenvalue weighted by Crippen LogP contribution is 2.35. The summed E-state index contributed by atoms with van der Waals surface area (Å²) in [6, 6.07) is 5.02. The maximum absolute atomic E-state index is 11.9. The Morgan fingerprint density at radius 1 is 1.40 bits per heavy atom. The zero-order chi connectivity index (χ0) is 14.9. The summed E-state index contributed by atoms with van der Waals surface area (Å²) in [5.74, 6) is 0. The highest BCUT2D eigenvalue weighted by molar-refractivity contribution is 9.10. The Morgan fingerprint density at radius 3 is 2.70 bits per heavy atom. The third-order valence-electron chi connectivity index (χ3n) is 2.47. The van der Waals surface area contributed by atoms with E-state index in [0.717, 1.165) is 0 Å². The largest absolute Gasteiger partial charge is 0.300 e. The molecule has 0 aliphatic rings. The Balaban J connectivity index is 2.82. The van der Waals surface area contributed by atoms with E-state index in [2.05, 4.69) is 25.9 Å². The third-order valence-corrected chi connectivity index (χ3v) is 4.56.